The van der Waals surface area contributed by atoms with Crippen LogP contribution in [0.25, 0.3) is 0 Å². The highest BCUT2D eigenvalue weighted by Crippen LogP contribution is 2.39. The first-order chi connectivity index (χ1) is 15.9. The zero-order valence-corrected chi connectivity index (χ0v) is 18.8. The molecule has 0 saturated carbocycles. The van der Waals surface area contributed by atoms with Crippen LogP contribution in [0.5, 0.6) is 0 Å². The molecule has 1 atom stereocenters. The molecule has 1 aliphatic heterocycles. The number of aromatic nitrogens is 2. The molecule has 0 amide bonds. The summed E-state index contributed by atoms with van der Waals surface area (Å²) in [5.41, 5.74) is 2.92. The maximum Gasteiger partial charge on any atom is 0.336 e. The van der Waals surface area contributed by atoms with E-state index in [1.165, 1.54) is 12.7 Å². The fraction of sp³-hybridized carbons (Fsp3) is 0.240. The predicted molar refractivity (Wildman–Crippen MR) is 127 cm³/mol. The number of allylic oxidation sites excluding steroid dienone is 1. The first-order valence-corrected chi connectivity index (χ1v) is 10.7. The first kappa shape index (κ1) is 22.1. The van der Waals surface area contributed by atoms with E-state index in [-0.39, 0.29) is 11.4 Å². The number of carbonyl (C=O) groups is 1. The van der Waals surface area contributed by atoms with E-state index in [4.69, 9.17) is 4.74 Å². The van der Waals surface area contributed by atoms with Crippen LogP contribution in [0.4, 0.5) is 11.5 Å². The highest BCUT2D eigenvalue weighted by atomic mass is 16.5. The van der Waals surface area contributed by atoms with Crippen molar-refractivity contribution in [2.24, 2.45) is 0 Å². The Bertz CT molecular complexity index is 1310. The van der Waals surface area contributed by atoms with Crippen LogP contribution in [-0.4, -0.2) is 29.6 Å². The minimum Gasteiger partial charge on any atom is -0.466 e. The first-order valence-electron chi connectivity index (χ1n) is 10.7. The quantitative estimate of drug-likeness (QED) is 0.503. The van der Waals surface area contributed by atoms with E-state index >= 15 is 0 Å². The highest BCUT2D eigenvalue weighted by Gasteiger charge is 2.35. The van der Waals surface area contributed by atoms with Crippen LogP contribution in [0.2, 0.25) is 0 Å². The highest BCUT2D eigenvalue weighted by molar-refractivity contribution is 5.94. The maximum absolute atomic E-state index is 12.8. The number of nitrogens with zero attached hydrogens (tertiary/aromatic N) is 1. The van der Waals surface area contributed by atoms with Gasteiger partial charge < -0.3 is 15.0 Å². The van der Waals surface area contributed by atoms with Gasteiger partial charge in [0.1, 0.15) is 5.82 Å². The molecule has 3 N–H and O–H groups in total. The molecule has 0 fully saturated rings. The number of esters is 1. The van der Waals surface area contributed by atoms with Gasteiger partial charge in [-0.05, 0) is 37.1 Å². The molecule has 8 nitrogen and oxygen atoms in total. The maximum atomic E-state index is 12.8. The lowest BCUT2D eigenvalue weighted by Crippen LogP contribution is -2.34. The number of carbonyl (C=O) groups excluding carboxylic acids is 1. The van der Waals surface area contributed by atoms with Gasteiger partial charge in [-0.2, -0.15) is 0 Å². The van der Waals surface area contributed by atoms with E-state index in [9.17, 15) is 14.4 Å². The zero-order valence-electron chi connectivity index (χ0n) is 18.8. The third kappa shape index (κ3) is 4.32. The van der Waals surface area contributed by atoms with Crippen molar-refractivity contribution in [1.29, 1.82) is 0 Å². The lowest BCUT2D eigenvalue weighted by Gasteiger charge is -2.29. The Morgan fingerprint density at radius 1 is 1.03 bits per heavy atom. The number of anilines is 2. The molecule has 0 saturated heterocycles. The Kier molecular flexibility index (Phi) is 6.17. The Morgan fingerprint density at radius 2 is 1.73 bits per heavy atom. The summed E-state index contributed by atoms with van der Waals surface area (Å²) in [6.07, 6.45) is 0. The zero-order chi connectivity index (χ0) is 23.5. The number of ether oxygens (including phenoxy) is 1. The molecule has 8 heteroatoms. The third-order valence-electron chi connectivity index (χ3n) is 5.87. The Balaban J connectivity index is 1.76. The molecule has 170 valence electrons. The SMILES string of the molecule is CCN(Cc1ccccc1)c1ccc(C2C(C(=O)OC)=C(C)Nc3[nH]c(=O)[nH]c(=O)c32)cc1. The Labute approximate surface area is 190 Å². The van der Waals surface area contributed by atoms with Gasteiger partial charge in [0.25, 0.3) is 5.56 Å². The summed E-state index contributed by atoms with van der Waals surface area (Å²) in [6, 6.07) is 18.0. The standard InChI is InChI=1S/C25H26N4O4/c1-4-29(14-16-8-6-5-7-9-16)18-12-10-17(11-13-18)20-19(24(31)33-3)15(2)26-22-21(20)23(30)28-25(32)27-22/h5-13,20H,4,14H2,1-3H3,(H3,26,27,28,30,32). The molecule has 0 bridgehead atoms. The van der Waals surface area contributed by atoms with Crippen molar-refractivity contribution in [3.63, 3.8) is 0 Å². The number of hydrogen-bond donors (Lipinski definition) is 3. The van der Waals surface area contributed by atoms with Crippen molar-refractivity contribution in [2.75, 3.05) is 23.9 Å². The molecular weight excluding hydrogens is 420 g/mol. The fourth-order valence-corrected chi connectivity index (χ4v) is 4.27. The molecule has 1 aliphatic rings. The van der Waals surface area contributed by atoms with Crippen LogP contribution in [0.3, 0.4) is 0 Å². The van der Waals surface area contributed by atoms with E-state index < -0.39 is 23.1 Å². The summed E-state index contributed by atoms with van der Waals surface area (Å²) in [6.45, 7) is 5.39. The van der Waals surface area contributed by atoms with Crippen LogP contribution in [0, 0.1) is 0 Å². The number of hydrogen-bond acceptors (Lipinski definition) is 6. The molecule has 3 aromatic rings. The molecule has 33 heavy (non-hydrogen) atoms. The van der Waals surface area contributed by atoms with Crippen LogP contribution >= 0.6 is 0 Å². The molecule has 0 radical (unpaired) electrons. The number of rotatable bonds is 6. The predicted octanol–water partition coefficient (Wildman–Crippen LogP) is 3.09. The van der Waals surface area contributed by atoms with Crippen LogP contribution in [-0.2, 0) is 16.1 Å². The Hall–Kier alpha value is -4.07. The van der Waals surface area contributed by atoms with Crippen molar-refractivity contribution in [1.82, 2.24) is 9.97 Å². The summed E-state index contributed by atoms with van der Waals surface area (Å²) in [5, 5.41) is 2.97. The average Bonchev–Trinajstić information content (AvgIpc) is 2.82. The molecule has 0 aliphatic carbocycles. The van der Waals surface area contributed by atoms with Crippen LogP contribution < -0.4 is 21.5 Å². The van der Waals surface area contributed by atoms with Gasteiger partial charge in [0.05, 0.1) is 24.2 Å². The summed E-state index contributed by atoms with van der Waals surface area (Å²) in [7, 11) is 1.30. The summed E-state index contributed by atoms with van der Waals surface area (Å²) in [4.78, 5) is 44.4. The van der Waals surface area contributed by atoms with Gasteiger partial charge in [0.2, 0.25) is 0 Å². The van der Waals surface area contributed by atoms with E-state index in [1.54, 1.807) is 6.92 Å². The van der Waals surface area contributed by atoms with Crippen molar-refractivity contribution in [3.8, 4) is 0 Å². The van der Waals surface area contributed by atoms with Crippen LogP contribution in [0.1, 0.15) is 36.5 Å². The summed E-state index contributed by atoms with van der Waals surface area (Å²) in [5.74, 6) is -0.945. The molecular formula is C25H26N4O4. The normalized spacial score (nSPS) is 14.9. The minimum absolute atomic E-state index is 0.269. The second-order valence-electron chi connectivity index (χ2n) is 7.88. The monoisotopic (exact) mass is 446 g/mol. The Morgan fingerprint density at radius 3 is 2.36 bits per heavy atom. The number of H-pyrrole nitrogens is 2. The minimum atomic E-state index is -0.687. The topological polar surface area (TPSA) is 107 Å². The van der Waals surface area contributed by atoms with Crippen molar-refractivity contribution >= 4 is 17.5 Å². The number of nitrogens with one attached hydrogen (secondary N) is 3. The summed E-state index contributed by atoms with van der Waals surface area (Å²) >= 11 is 0. The van der Waals surface area contributed by atoms with Gasteiger partial charge in [-0.25, -0.2) is 9.59 Å². The van der Waals surface area contributed by atoms with E-state index in [1.807, 2.05) is 42.5 Å². The number of benzene rings is 2. The van der Waals surface area contributed by atoms with Crippen molar-refractivity contribution in [3.05, 3.63) is 103 Å². The van der Waals surface area contributed by atoms with Gasteiger partial charge in [-0.15, -0.1) is 0 Å². The third-order valence-corrected chi connectivity index (χ3v) is 5.87. The molecule has 1 aromatic heterocycles. The molecule has 2 heterocycles. The van der Waals surface area contributed by atoms with Gasteiger partial charge in [0.15, 0.2) is 0 Å². The lowest BCUT2D eigenvalue weighted by atomic mass is 9.82. The van der Waals surface area contributed by atoms with Crippen molar-refractivity contribution in [2.45, 2.75) is 26.3 Å². The molecule has 0 spiro atoms. The molecule has 2 aromatic carbocycles. The summed E-state index contributed by atoms with van der Waals surface area (Å²) < 4.78 is 5.01. The average molecular weight is 447 g/mol. The second kappa shape index (κ2) is 9.20. The molecule has 1 unspecified atom stereocenters. The van der Waals surface area contributed by atoms with Gasteiger partial charge in [-0.1, -0.05) is 42.5 Å². The number of methoxy groups -OCH3 is 1. The van der Waals surface area contributed by atoms with Crippen LogP contribution in [0.15, 0.2) is 75.5 Å². The van der Waals surface area contributed by atoms with Crippen molar-refractivity contribution < 1.29 is 9.53 Å². The van der Waals surface area contributed by atoms with Gasteiger partial charge in [-0.3, -0.25) is 14.8 Å². The van der Waals surface area contributed by atoms with E-state index in [0.717, 1.165) is 24.3 Å². The lowest BCUT2D eigenvalue weighted by molar-refractivity contribution is -0.136. The van der Waals surface area contributed by atoms with E-state index in [2.05, 4.69) is 39.2 Å². The van der Waals surface area contributed by atoms with E-state index in [0.29, 0.717) is 11.3 Å². The number of fused-ring (bicyclic) bond motifs is 1. The fourth-order valence-electron chi connectivity index (χ4n) is 4.27. The number of aromatic amines is 2. The largest absolute Gasteiger partial charge is 0.466 e. The smallest absolute Gasteiger partial charge is 0.336 e. The van der Waals surface area contributed by atoms with Gasteiger partial charge in [0, 0.05) is 24.5 Å². The van der Waals surface area contributed by atoms with Gasteiger partial charge >= 0.3 is 11.7 Å². The second-order valence-corrected chi connectivity index (χ2v) is 7.88. The molecule has 4 rings (SSSR count).